The van der Waals surface area contributed by atoms with E-state index in [4.69, 9.17) is 0 Å². The summed E-state index contributed by atoms with van der Waals surface area (Å²) in [6, 6.07) is 15.9. The topological polar surface area (TPSA) is 49.6 Å². The maximum atomic E-state index is 9.35. The van der Waals surface area contributed by atoms with E-state index in [-0.39, 0.29) is 0 Å². The summed E-state index contributed by atoms with van der Waals surface area (Å²) in [5.41, 5.74) is 3.46. The SMILES string of the molecule is N#CC(=Cc1ccncc1)c1nc(-c2ccccc2)cs1. The molecule has 0 radical (unpaired) electrons. The van der Waals surface area contributed by atoms with Gasteiger partial charge in [-0.05, 0) is 23.8 Å². The third-order valence-corrected chi connectivity index (χ3v) is 3.82. The van der Waals surface area contributed by atoms with Gasteiger partial charge in [-0.15, -0.1) is 11.3 Å². The van der Waals surface area contributed by atoms with E-state index in [1.165, 1.54) is 11.3 Å². The zero-order chi connectivity index (χ0) is 14.5. The largest absolute Gasteiger partial charge is 0.265 e. The first-order valence-electron chi connectivity index (χ1n) is 6.40. The van der Waals surface area contributed by atoms with Crippen LogP contribution in [0.2, 0.25) is 0 Å². The van der Waals surface area contributed by atoms with E-state index in [9.17, 15) is 5.26 Å². The second-order valence-electron chi connectivity index (χ2n) is 4.35. The quantitative estimate of drug-likeness (QED) is 0.676. The summed E-state index contributed by atoms with van der Waals surface area (Å²) in [6.07, 6.45) is 5.24. The zero-order valence-corrected chi connectivity index (χ0v) is 11.9. The highest BCUT2D eigenvalue weighted by atomic mass is 32.1. The molecule has 0 amide bonds. The average Bonchev–Trinajstić information content (AvgIpc) is 3.04. The predicted molar refractivity (Wildman–Crippen MR) is 85.3 cm³/mol. The lowest BCUT2D eigenvalue weighted by molar-refractivity contribution is 1.32. The Balaban J connectivity index is 1.95. The summed E-state index contributed by atoms with van der Waals surface area (Å²) in [5.74, 6) is 0. The molecule has 0 saturated carbocycles. The number of rotatable bonds is 3. The van der Waals surface area contributed by atoms with Crippen LogP contribution in [0.25, 0.3) is 22.9 Å². The molecule has 21 heavy (non-hydrogen) atoms. The Morgan fingerprint density at radius 1 is 1.10 bits per heavy atom. The second kappa shape index (κ2) is 6.12. The summed E-state index contributed by atoms with van der Waals surface area (Å²) in [7, 11) is 0. The zero-order valence-electron chi connectivity index (χ0n) is 11.1. The molecule has 0 atom stereocenters. The fourth-order valence-electron chi connectivity index (χ4n) is 1.91. The number of aromatic nitrogens is 2. The van der Waals surface area contributed by atoms with Crippen molar-refractivity contribution in [3.05, 3.63) is 70.8 Å². The van der Waals surface area contributed by atoms with Gasteiger partial charge in [-0.1, -0.05) is 30.3 Å². The highest BCUT2D eigenvalue weighted by Gasteiger charge is 2.08. The molecule has 3 nitrogen and oxygen atoms in total. The van der Waals surface area contributed by atoms with Crippen molar-refractivity contribution in [1.29, 1.82) is 5.26 Å². The molecular weight excluding hydrogens is 278 g/mol. The standard InChI is InChI=1S/C17H11N3S/c18-11-15(10-13-6-8-19-9-7-13)17-20-16(12-21-17)14-4-2-1-3-5-14/h1-10,12H. The molecule has 3 aromatic rings. The predicted octanol–water partition coefficient (Wildman–Crippen LogP) is 4.27. The van der Waals surface area contributed by atoms with Crippen molar-refractivity contribution in [2.75, 3.05) is 0 Å². The summed E-state index contributed by atoms with van der Waals surface area (Å²) in [4.78, 5) is 8.53. The van der Waals surface area contributed by atoms with Gasteiger partial charge in [-0.3, -0.25) is 4.98 Å². The summed E-state index contributed by atoms with van der Waals surface area (Å²) >= 11 is 1.48. The first kappa shape index (κ1) is 13.2. The van der Waals surface area contributed by atoms with Crippen molar-refractivity contribution < 1.29 is 0 Å². The van der Waals surface area contributed by atoms with Gasteiger partial charge in [-0.25, -0.2) is 4.98 Å². The molecule has 100 valence electrons. The Labute approximate surface area is 126 Å². The Morgan fingerprint density at radius 3 is 2.57 bits per heavy atom. The number of pyridine rings is 1. The molecule has 0 aliphatic rings. The maximum absolute atomic E-state index is 9.35. The van der Waals surface area contributed by atoms with Crippen molar-refractivity contribution >= 4 is 23.0 Å². The summed E-state index contributed by atoms with van der Waals surface area (Å²) in [6.45, 7) is 0. The molecule has 0 spiro atoms. The number of nitrogens with zero attached hydrogens (tertiary/aromatic N) is 3. The van der Waals surface area contributed by atoms with E-state index in [1.807, 2.05) is 53.9 Å². The van der Waals surface area contributed by atoms with Gasteiger partial charge in [0.25, 0.3) is 0 Å². The van der Waals surface area contributed by atoms with E-state index >= 15 is 0 Å². The molecule has 2 aromatic heterocycles. The van der Waals surface area contributed by atoms with Gasteiger partial charge in [-0.2, -0.15) is 5.26 Å². The smallest absolute Gasteiger partial charge is 0.134 e. The van der Waals surface area contributed by atoms with Crippen LogP contribution in [0.5, 0.6) is 0 Å². The molecule has 0 aliphatic heterocycles. The summed E-state index contributed by atoms with van der Waals surface area (Å²) < 4.78 is 0. The van der Waals surface area contributed by atoms with Crippen LogP contribution in [0, 0.1) is 11.3 Å². The van der Waals surface area contributed by atoms with Crippen LogP contribution in [0.3, 0.4) is 0 Å². The van der Waals surface area contributed by atoms with E-state index in [2.05, 4.69) is 16.0 Å². The monoisotopic (exact) mass is 289 g/mol. The first-order chi connectivity index (χ1) is 10.4. The molecule has 4 heteroatoms. The number of hydrogen-bond acceptors (Lipinski definition) is 4. The lowest BCUT2D eigenvalue weighted by Gasteiger charge is -1.96. The molecule has 2 heterocycles. The molecular formula is C17H11N3S. The van der Waals surface area contributed by atoms with Gasteiger partial charge in [0, 0.05) is 23.3 Å². The van der Waals surface area contributed by atoms with Crippen LogP contribution >= 0.6 is 11.3 Å². The van der Waals surface area contributed by atoms with Gasteiger partial charge < -0.3 is 0 Å². The molecule has 0 fully saturated rings. The molecule has 0 unspecified atom stereocenters. The Morgan fingerprint density at radius 2 is 1.86 bits per heavy atom. The van der Waals surface area contributed by atoms with Gasteiger partial charge in [0.15, 0.2) is 0 Å². The molecule has 0 bridgehead atoms. The molecule has 0 saturated heterocycles. The Hall–Kier alpha value is -2.77. The van der Waals surface area contributed by atoms with Gasteiger partial charge >= 0.3 is 0 Å². The van der Waals surface area contributed by atoms with Crippen LogP contribution in [-0.2, 0) is 0 Å². The molecule has 0 aliphatic carbocycles. The van der Waals surface area contributed by atoms with E-state index in [1.54, 1.807) is 12.4 Å². The number of allylic oxidation sites excluding steroid dienone is 1. The average molecular weight is 289 g/mol. The number of hydrogen-bond donors (Lipinski definition) is 0. The maximum Gasteiger partial charge on any atom is 0.134 e. The minimum Gasteiger partial charge on any atom is -0.265 e. The molecule has 1 aromatic carbocycles. The third-order valence-electron chi connectivity index (χ3n) is 2.94. The molecule has 3 rings (SSSR count). The van der Waals surface area contributed by atoms with E-state index in [0.29, 0.717) is 5.57 Å². The van der Waals surface area contributed by atoms with Crippen molar-refractivity contribution in [3.8, 4) is 17.3 Å². The minimum atomic E-state index is 0.563. The van der Waals surface area contributed by atoms with Crippen molar-refractivity contribution in [2.45, 2.75) is 0 Å². The van der Waals surface area contributed by atoms with Crippen LogP contribution in [0.4, 0.5) is 0 Å². The van der Waals surface area contributed by atoms with Crippen LogP contribution < -0.4 is 0 Å². The second-order valence-corrected chi connectivity index (χ2v) is 5.21. The minimum absolute atomic E-state index is 0.563. The van der Waals surface area contributed by atoms with Crippen LogP contribution in [0.1, 0.15) is 10.6 Å². The van der Waals surface area contributed by atoms with Crippen LogP contribution in [-0.4, -0.2) is 9.97 Å². The highest BCUT2D eigenvalue weighted by Crippen LogP contribution is 2.26. The Bertz CT molecular complexity index is 799. The number of nitriles is 1. The fraction of sp³-hybridized carbons (Fsp3) is 0. The lowest BCUT2D eigenvalue weighted by Crippen LogP contribution is -1.83. The molecule has 0 N–H and O–H groups in total. The third kappa shape index (κ3) is 3.04. The van der Waals surface area contributed by atoms with Crippen molar-refractivity contribution in [2.24, 2.45) is 0 Å². The van der Waals surface area contributed by atoms with E-state index < -0.39 is 0 Å². The number of thiazole rings is 1. The van der Waals surface area contributed by atoms with Gasteiger partial charge in [0.1, 0.15) is 11.1 Å². The normalized spacial score (nSPS) is 11.1. The van der Waals surface area contributed by atoms with Crippen molar-refractivity contribution in [1.82, 2.24) is 9.97 Å². The lowest BCUT2D eigenvalue weighted by atomic mass is 10.1. The number of benzene rings is 1. The Kier molecular flexibility index (Phi) is 3.85. The van der Waals surface area contributed by atoms with Crippen LogP contribution in [0.15, 0.2) is 60.2 Å². The highest BCUT2D eigenvalue weighted by molar-refractivity contribution is 7.11. The fourth-order valence-corrected chi connectivity index (χ4v) is 2.70. The van der Waals surface area contributed by atoms with Crippen molar-refractivity contribution in [3.63, 3.8) is 0 Å². The van der Waals surface area contributed by atoms with Gasteiger partial charge in [0.05, 0.1) is 11.3 Å². The van der Waals surface area contributed by atoms with E-state index in [0.717, 1.165) is 21.8 Å². The van der Waals surface area contributed by atoms with Gasteiger partial charge in [0.2, 0.25) is 0 Å². The summed E-state index contributed by atoms with van der Waals surface area (Å²) in [5, 5.41) is 12.1. The first-order valence-corrected chi connectivity index (χ1v) is 7.28.